The van der Waals surface area contributed by atoms with Gasteiger partial charge < -0.3 is 4.74 Å². The number of halogens is 1. The van der Waals surface area contributed by atoms with Crippen molar-refractivity contribution in [3.8, 4) is 5.75 Å². The van der Waals surface area contributed by atoms with Crippen molar-refractivity contribution in [3.05, 3.63) is 29.3 Å². The summed E-state index contributed by atoms with van der Waals surface area (Å²) in [7, 11) is 0. The largest absolute Gasteiger partial charge is 0.492 e. The number of hydrogen-bond donors (Lipinski definition) is 0. The Kier molecular flexibility index (Phi) is 5.14. The van der Waals surface area contributed by atoms with Crippen molar-refractivity contribution in [2.45, 2.75) is 25.7 Å². The van der Waals surface area contributed by atoms with Crippen LogP contribution < -0.4 is 4.74 Å². The Hall–Kier alpha value is -0.730. The molecule has 0 saturated carbocycles. The van der Waals surface area contributed by atoms with Crippen LogP contribution in [0.5, 0.6) is 5.75 Å². The van der Waals surface area contributed by atoms with Crippen LogP contribution in [0.15, 0.2) is 24.3 Å². The van der Waals surface area contributed by atoms with Gasteiger partial charge in [-0.2, -0.15) is 0 Å². The van der Waals surface area contributed by atoms with Gasteiger partial charge in [0.05, 0.1) is 0 Å². The third-order valence-corrected chi connectivity index (χ3v) is 3.41. The van der Waals surface area contributed by atoms with Crippen LogP contribution in [0, 0.1) is 0 Å². The molecule has 0 bridgehead atoms. The van der Waals surface area contributed by atoms with Crippen LogP contribution >= 0.6 is 11.6 Å². The first-order valence-corrected chi connectivity index (χ1v) is 6.83. The zero-order chi connectivity index (χ0) is 11.9. The Labute approximate surface area is 109 Å². The van der Waals surface area contributed by atoms with Gasteiger partial charge in [0.2, 0.25) is 0 Å². The molecule has 1 saturated heterocycles. The maximum atomic E-state index is 5.90. The van der Waals surface area contributed by atoms with Crippen LogP contribution in [0.4, 0.5) is 0 Å². The molecule has 0 unspecified atom stereocenters. The lowest BCUT2D eigenvalue weighted by Crippen LogP contribution is -2.29. The first kappa shape index (κ1) is 12.7. The molecule has 1 heterocycles. The third kappa shape index (κ3) is 4.57. The van der Waals surface area contributed by atoms with Crippen molar-refractivity contribution in [2.24, 2.45) is 0 Å². The van der Waals surface area contributed by atoms with E-state index in [-0.39, 0.29) is 0 Å². The molecule has 2 nitrogen and oxygen atoms in total. The Morgan fingerprint density at radius 1 is 1.12 bits per heavy atom. The summed E-state index contributed by atoms with van der Waals surface area (Å²) in [5, 5.41) is 0.734. The van der Waals surface area contributed by atoms with Crippen molar-refractivity contribution < 1.29 is 4.74 Å². The second-order valence-corrected chi connectivity index (χ2v) is 5.00. The number of rotatable bonds is 4. The van der Waals surface area contributed by atoms with Gasteiger partial charge >= 0.3 is 0 Å². The fourth-order valence-electron chi connectivity index (χ4n) is 2.21. The molecule has 1 aromatic rings. The summed E-state index contributed by atoms with van der Waals surface area (Å²) >= 11 is 5.90. The van der Waals surface area contributed by atoms with E-state index >= 15 is 0 Å². The van der Waals surface area contributed by atoms with E-state index in [4.69, 9.17) is 16.3 Å². The van der Waals surface area contributed by atoms with Crippen molar-refractivity contribution in [1.29, 1.82) is 0 Å². The van der Waals surface area contributed by atoms with Crippen LogP contribution in [0.25, 0.3) is 0 Å². The quantitative estimate of drug-likeness (QED) is 0.813. The van der Waals surface area contributed by atoms with E-state index in [0.717, 1.165) is 23.9 Å². The molecule has 1 fully saturated rings. The average molecular weight is 254 g/mol. The van der Waals surface area contributed by atoms with Crippen LogP contribution in [0.2, 0.25) is 5.02 Å². The SMILES string of the molecule is Clc1cccc(OCCN2CCCCCC2)c1. The molecular formula is C14H20ClNO. The molecule has 0 radical (unpaired) electrons. The second kappa shape index (κ2) is 6.87. The fraction of sp³-hybridized carbons (Fsp3) is 0.571. The van der Waals surface area contributed by atoms with Crippen molar-refractivity contribution >= 4 is 11.6 Å². The highest BCUT2D eigenvalue weighted by Crippen LogP contribution is 2.17. The Morgan fingerprint density at radius 3 is 2.59 bits per heavy atom. The highest BCUT2D eigenvalue weighted by atomic mass is 35.5. The first-order chi connectivity index (χ1) is 8.34. The molecule has 2 rings (SSSR count). The van der Waals surface area contributed by atoms with Gasteiger partial charge in [0.1, 0.15) is 12.4 Å². The molecular weight excluding hydrogens is 234 g/mol. The van der Waals surface area contributed by atoms with E-state index in [0.29, 0.717) is 0 Å². The Morgan fingerprint density at radius 2 is 1.88 bits per heavy atom. The summed E-state index contributed by atoms with van der Waals surface area (Å²) in [6, 6.07) is 7.60. The molecule has 1 aliphatic heterocycles. The normalized spacial score (nSPS) is 17.7. The lowest BCUT2D eigenvalue weighted by Gasteiger charge is -2.19. The van der Waals surface area contributed by atoms with Gasteiger partial charge in [0.25, 0.3) is 0 Å². The summed E-state index contributed by atoms with van der Waals surface area (Å²) in [4.78, 5) is 2.50. The van der Waals surface area contributed by atoms with Crippen LogP contribution in [-0.4, -0.2) is 31.1 Å². The standard InChI is InChI=1S/C14H20ClNO/c15-13-6-5-7-14(12-13)17-11-10-16-8-3-1-2-4-9-16/h5-7,12H,1-4,8-11H2. The predicted molar refractivity (Wildman–Crippen MR) is 71.9 cm³/mol. The average Bonchev–Trinajstić information content (AvgIpc) is 2.58. The minimum absolute atomic E-state index is 0.734. The van der Waals surface area contributed by atoms with Crippen LogP contribution in [-0.2, 0) is 0 Å². The van der Waals surface area contributed by atoms with E-state index in [1.807, 2.05) is 24.3 Å². The van der Waals surface area contributed by atoms with E-state index in [9.17, 15) is 0 Å². The van der Waals surface area contributed by atoms with Gasteiger partial charge in [-0.05, 0) is 44.1 Å². The highest BCUT2D eigenvalue weighted by molar-refractivity contribution is 6.30. The maximum absolute atomic E-state index is 5.90. The molecule has 0 N–H and O–H groups in total. The molecule has 0 aliphatic carbocycles. The van der Waals surface area contributed by atoms with Crippen LogP contribution in [0.1, 0.15) is 25.7 Å². The molecule has 0 spiro atoms. The van der Waals surface area contributed by atoms with Gasteiger partial charge in [0.15, 0.2) is 0 Å². The van der Waals surface area contributed by atoms with Crippen molar-refractivity contribution in [3.63, 3.8) is 0 Å². The van der Waals surface area contributed by atoms with Gasteiger partial charge in [-0.3, -0.25) is 4.90 Å². The van der Waals surface area contributed by atoms with E-state index in [1.165, 1.54) is 38.8 Å². The zero-order valence-corrected chi connectivity index (χ0v) is 11.0. The number of ether oxygens (including phenoxy) is 1. The maximum Gasteiger partial charge on any atom is 0.120 e. The number of benzene rings is 1. The van der Waals surface area contributed by atoms with Crippen LogP contribution in [0.3, 0.4) is 0 Å². The van der Waals surface area contributed by atoms with Gasteiger partial charge in [-0.1, -0.05) is 30.5 Å². The molecule has 1 aliphatic rings. The molecule has 94 valence electrons. The molecule has 17 heavy (non-hydrogen) atoms. The Balaban J connectivity index is 1.71. The second-order valence-electron chi connectivity index (χ2n) is 4.56. The van der Waals surface area contributed by atoms with E-state index < -0.39 is 0 Å². The number of likely N-dealkylation sites (tertiary alicyclic amines) is 1. The molecule has 0 aromatic heterocycles. The predicted octanol–water partition coefficient (Wildman–Crippen LogP) is 3.59. The van der Waals surface area contributed by atoms with Crippen molar-refractivity contribution in [1.82, 2.24) is 4.90 Å². The lowest BCUT2D eigenvalue weighted by atomic mass is 10.2. The third-order valence-electron chi connectivity index (χ3n) is 3.17. The van der Waals surface area contributed by atoms with E-state index in [2.05, 4.69) is 4.90 Å². The first-order valence-electron chi connectivity index (χ1n) is 6.45. The fourth-order valence-corrected chi connectivity index (χ4v) is 2.39. The van der Waals surface area contributed by atoms with Gasteiger partial charge in [-0.25, -0.2) is 0 Å². The summed E-state index contributed by atoms with van der Waals surface area (Å²) in [5.41, 5.74) is 0. The van der Waals surface area contributed by atoms with Gasteiger partial charge in [0, 0.05) is 11.6 Å². The topological polar surface area (TPSA) is 12.5 Å². The molecule has 0 atom stereocenters. The number of hydrogen-bond acceptors (Lipinski definition) is 2. The zero-order valence-electron chi connectivity index (χ0n) is 10.2. The summed E-state index contributed by atoms with van der Waals surface area (Å²) in [6.45, 7) is 4.21. The Bertz CT molecular complexity index is 335. The van der Waals surface area contributed by atoms with E-state index in [1.54, 1.807) is 0 Å². The highest BCUT2D eigenvalue weighted by Gasteiger charge is 2.08. The van der Waals surface area contributed by atoms with Crippen molar-refractivity contribution in [2.75, 3.05) is 26.2 Å². The summed E-state index contributed by atoms with van der Waals surface area (Å²) < 4.78 is 5.70. The van der Waals surface area contributed by atoms with Gasteiger partial charge in [-0.15, -0.1) is 0 Å². The number of nitrogens with zero attached hydrogens (tertiary/aromatic N) is 1. The smallest absolute Gasteiger partial charge is 0.120 e. The molecule has 1 aromatic carbocycles. The minimum Gasteiger partial charge on any atom is -0.492 e. The molecule has 3 heteroatoms. The summed E-state index contributed by atoms with van der Waals surface area (Å²) in [5.74, 6) is 0.868. The monoisotopic (exact) mass is 253 g/mol. The minimum atomic E-state index is 0.734. The lowest BCUT2D eigenvalue weighted by molar-refractivity contribution is 0.214. The summed E-state index contributed by atoms with van der Waals surface area (Å²) in [6.07, 6.45) is 5.42. The molecule has 0 amide bonds.